The van der Waals surface area contributed by atoms with Crippen molar-refractivity contribution in [2.75, 3.05) is 12.4 Å². The van der Waals surface area contributed by atoms with Crippen molar-refractivity contribution in [2.24, 2.45) is 0 Å². The largest absolute Gasteiger partial charge is 0.465 e. The number of aryl methyl sites for hydroxylation is 2. The van der Waals surface area contributed by atoms with Crippen molar-refractivity contribution in [1.29, 1.82) is 0 Å². The number of H-pyrrole nitrogens is 1. The molecule has 0 saturated carbocycles. The lowest BCUT2D eigenvalue weighted by Gasteiger charge is -2.13. The SMILES string of the molecule is COC(=O)c1c(C)[nH]c(-c2cccs2)c1[C@H]1C(=O)Nc2ccc(C)cc21. The molecule has 5 nitrogen and oxygen atoms in total. The number of fused-ring (bicyclic) bond motifs is 1. The van der Waals surface area contributed by atoms with Crippen molar-refractivity contribution >= 4 is 28.9 Å². The molecule has 0 unspecified atom stereocenters. The average Bonchev–Trinajstić information content (AvgIpc) is 3.31. The van der Waals surface area contributed by atoms with Gasteiger partial charge in [-0.3, -0.25) is 4.79 Å². The molecule has 3 aromatic rings. The predicted molar refractivity (Wildman–Crippen MR) is 102 cm³/mol. The number of carbonyl (C=O) groups excluding carboxylic acids is 2. The number of nitrogens with one attached hydrogen (secondary N) is 2. The van der Waals surface area contributed by atoms with Crippen molar-refractivity contribution in [1.82, 2.24) is 4.98 Å². The first kappa shape index (κ1) is 16.6. The van der Waals surface area contributed by atoms with Gasteiger partial charge in [0.25, 0.3) is 0 Å². The van der Waals surface area contributed by atoms with Gasteiger partial charge >= 0.3 is 5.97 Å². The number of rotatable bonds is 3. The van der Waals surface area contributed by atoms with Crippen molar-refractivity contribution in [3.63, 3.8) is 0 Å². The van der Waals surface area contributed by atoms with E-state index in [1.807, 2.05) is 49.6 Å². The minimum absolute atomic E-state index is 0.132. The second kappa shape index (κ2) is 6.14. The molecule has 6 heteroatoms. The van der Waals surface area contributed by atoms with Crippen LogP contribution in [0.15, 0.2) is 35.7 Å². The third kappa shape index (κ3) is 2.45. The zero-order valence-electron chi connectivity index (χ0n) is 14.7. The number of ether oxygens (including phenoxy) is 1. The second-order valence-corrected chi connectivity index (χ2v) is 7.34. The Bertz CT molecular complexity index is 1020. The summed E-state index contributed by atoms with van der Waals surface area (Å²) in [6.45, 7) is 3.82. The zero-order valence-corrected chi connectivity index (χ0v) is 15.5. The number of esters is 1. The van der Waals surface area contributed by atoms with Gasteiger partial charge in [-0.2, -0.15) is 0 Å². The van der Waals surface area contributed by atoms with Crippen LogP contribution >= 0.6 is 11.3 Å². The Morgan fingerprint density at radius 1 is 1.23 bits per heavy atom. The fourth-order valence-corrected chi connectivity index (χ4v) is 4.32. The van der Waals surface area contributed by atoms with Gasteiger partial charge in [0.2, 0.25) is 5.91 Å². The number of thiophene rings is 1. The predicted octanol–water partition coefficient (Wildman–Crippen LogP) is 4.23. The van der Waals surface area contributed by atoms with Gasteiger partial charge in [-0.1, -0.05) is 23.8 Å². The maximum Gasteiger partial charge on any atom is 0.340 e. The van der Waals surface area contributed by atoms with Crippen molar-refractivity contribution in [2.45, 2.75) is 19.8 Å². The Labute approximate surface area is 155 Å². The molecule has 0 fully saturated rings. The van der Waals surface area contributed by atoms with Gasteiger partial charge in [0.15, 0.2) is 0 Å². The number of methoxy groups -OCH3 is 1. The monoisotopic (exact) mass is 366 g/mol. The summed E-state index contributed by atoms with van der Waals surface area (Å²) >= 11 is 1.56. The van der Waals surface area contributed by atoms with Crippen LogP contribution in [0.5, 0.6) is 0 Å². The molecule has 0 aliphatic carbocycles. The minimum Gasteiger partial charge on any atom is -0.465 e. The third-order valence-electron chi connectivity index (χ3n) is 4.71. The summed E-state index contributed by atoms with van der Waals surface area (Å²) in [7, 11) is 1.36. The Balaban J connectivity index is 2.01. The van der Waals surface area contributed by atoms with Crippen LogP contribution in [0.2, 0.25) is 0 Å². The van der Waals surface area contributed by atoms with Gasteiger partial charge in [-0.25, -0.2) is 4.79 Å². The van der Waals surface area contributed by atoms with Crippen molar-refractivity contribution in [3.8, 4) is 10.6 Å². The third-order valence-corrected chi connectivity index (χ3v) is 5.60. The van der Waals surface area contributed by atoms with E-state index in [2.05, 4.69) is 10.3 Å². The first-order chi connectivity index (χ1) is 12.5. The summed E-state index contributed by atoms with van der Waals surface area (Å²) in [5.74, 6) is -1.13. The number of benzene rings is 1. The highest BCUT2D eigenvalue weighted by Gasteiger charge is 2.38. The van der Waals surface area contributed by atoms with Gasteiger partial charge in [0.1, 0.15) is 0 Å². The van der Waals surface area contributed by atoms with E-state index in [4.69, 9.17) is 4.74 Å². The van der Waals surface area contributed by atoms with Crippen LogP contribution in [0.1, 0.15) is 38.7 Å². The van der Waals surface area contributed by atoms with Gasteiger partial charge < -0.3 is 15.0 Å². The molecule has 1 aliphatic rings. The summed E-state index contributed by atoms with van der Waals surface area (Å²) in [4.78, 5) is 29.7. The lowest BCUT2D eigenvalue weighted by molar-refractivity contribution is -0.116. The number of hydrogen-bond acceptors (Lipinski definition) is 4. The summed E-state index contributed by atoms with van der Waals surface area (Å²) < 4.78 is 5.01. The summed E-state index contributed by atoms with van der Waals surface area (Å²) in [6.07, 6.45) is 0. The molecule has 4 rings (SSSR count). The van der Waals surface area contributed by atoms with Crippen LogP contribution in [-0.2, 0) is 9.53 Å². The standard InChI is InChI=1S/C20H18N2O3S/c1-10-6-7-13-12(9-10)16(19(23)22-13)17-15(20(24)25-3)11(2)21-18(17)14-5-4-8-26-14/h4-9,16,21H,1-3H3,(H,22,23)/t16-/m0/s1. The van der Waals surface area contributed by atoms with Gasteiger partial charge in [0, 0.05) is 16.9 Å². The molecule has 0 saturated heterocycles. The molecule has 2 aromatic heterocycles. The van der Waals surface area contributed by atoms with E-state index in [-0.39, 0.29) is 5.91 Å². The molecule has 3 heterocycles. The number of anilines is 1. The molecule has 1 atom stereocenters. The van der Waals surface area contributed by atoms with Crippen LogP contribution in [0.3, 0.4) is 0 Å². The number of carbonyl (C=O) groups is 2. The van der Waals surface area contributed by atoms with Crippen molar-refractivity contribution in [3.05, 3.63) is 63.7 Å². The topological polar surface area (TPSA) is 71.2 Å². The average molecular weight is 366 g/mol. The van der Waals surface area contributed by atoms with E-state index < -0.39 is 11.9 Å². The molecule has 132 valence electrons. The summed E-state index contributed by atoms with van der Waals surface area (Å²) in [6, 6.07) is 9.80. The highest BCUT2D eigenvalue weighted by molar-refractivity contribution is 7.13. The van der Waals surface area contributed by atoms with E-state index in [1.54, 1.807) is 11.3 Å². The molecule has 1 aliphatic heterocycles. The van der Waals surface area contributed by atoms with Crippen LogP contribution in [0.25, 0.3) is 10.6 Å². The molecule has 1 amide bonds. The number of amides is 1. The molecule has 0 bridgehead atoms. The number of aromatic amines is 1. The van der Waals surface area contributed by atoms with Crippen LogP contribution < -0.4 is 5.32 Å². The molecule has 26 heavy (non-hydrogen) atoms. The van der Waals surface area contributed by atoms with Crippen molar-refractivity contribution < 1.29 is 14.3 Å². The van der Waals surface area contributed by atoms with Crippen LogP contribution in [0.4, 0.5) is 5.69 Å². The van der Waals surface area contributed by atoms with Gasteiger partial charge in [-0.15, -0.1) is 11.3 Å². The first-order valence-corrected chi connectivity index (χ1v) is 9.15. The highest BCUT2D eigenvalue weighted by Crippen LogP contribution is 2.44. The molecule has 2 N–H and O–H groups in total. The first-order valence-electron chi connectivity index (χ1n) is 8.27. The summed E-state index contributed by atoms with van der Waals surface area (Å²) in [5.41, 5.74) is 5.35. The fraction of sp³-hybridized carbons (Fsp3) is 0.200. The zero-order chi connectivity index (χ0) is 18.4. The molecule has 1 aromatic carbocycles. The van der Waals surface area contributed by atoms with E-state index in [1.165, 1.54) is 7.11 Å². The molecule has 0 spiro atoms. The van der Waals surface area contributed by atoms with E-state index in [9.17, 15) is 9.59 Å². The van der Waals surface area contributed by atoms with E-state index in [0.717, 1.165) is 27.4 Å². The number of hydrogen-bond donors (Lipinski definition) is 2. The van der Waals surface area contributed by atoms with E-state index >= 15 is 0 Å². The lowest BCUT2D eigenvalue weighted by Crippen LogP contribution is -2.17. The quantitative estimate of drug-likeness (QED) is 0.682. The number of aromatic nitrogens is 1. The fourth-order valence-electron chi connectivity index (χ4n) is 3.58. The molecule has 0 radical (unpaired) electrons. The molecular formula is C20H18N2O3S. The minimum atomic E-state index is -0.555. The van der Waals surface area contributed by atoms with Crippen LogP contribution in [-0.4, -0.2) is 24.0 Å². The highest BCUT2D eigenvalue weighted by atomic mass is 32.1. The maximum atomic E-state index is 12.9. The Hall–Kier alpha value is -2.86. The summed E-state index contributed by atoms with van der Waals surface area (Å²) in [5, 5.41) is 4.91. The lowest BCUT2D eigenvalue weighted by atomic mass is 9.88. The Kier molecular flexibility index (Phi) is 3.92. The molecular weight excluding hydrogens is 348 g/mol. The van der Waals surface area contributed by atoms with Gasteiger partial charge in [-0.05, 0) is 36.9 Å². The second-order valence-electron chi connectivity index (χ2n) is 6.40. The smallest absolute Gasteiger partial charge is 0.340 e. The Morgan fingerprint density at radius 2 is 2.04 bits per heavy atom. The van der Waals surface area contributed by atoms with Gasteiger partial charge in [0.05, 0.1) is 29.2 Å². The van der Waals surface area contributed by atoms with E-state index in [0.29, 0.717) is 16.8 Å². The normalized spacial score (nSPS) is 15.7. The maximum absolute atomic E-state index is 12.9. The van der Waals surface area contributed by atoms with Crippen LogP contribution in [0, 0.1) is 13.8 Å². The Morgan fingerprint density at radius 3 is 2.73 bits per heavy atom.